The quantitative estimate of drug-likeness (QED) is 0.470. The summed E-state index contributed by atoms with van der Waals surface area (Å²) in [6, 6.07) is 9.20. The molecule has 1 N–H and O–H groups in total. The van der Waals surface area contributed by atoms with Crippen molar-refractivity contribution in [1.29, 1.82) is 0 Å². The minimum atomic E-state index is -0.902. The van der Waals surface area contributed by atoms with Crippen molar-refractivity contribution in [3.8, 4) is 29.6 Å². The molecule has 0 saturated carbocycles. The SMILES string of the molecule is C#CCOC(C(=O)NCCOc1cc(OC)c(OC)cc1F)c1ccc(Cl)cc1. The van der Waals surface area contributed by atoms with Crippen LogP contribution in [-0.2, 0) is 9.53 Å². The number of benzene rings is 2. The van der Waals surface area contributed by atoms with Crippen LogP contribution in [0.5, 0.6) is 17.2 Å². The van der Waals surface area contributed by atoms with Crippen molar-refractivity contribution >= 4 is 17.5 Å². The van der Waals surface area contributed by atoms with E-state index in [1.807, 2.05) is 0 Å². The number of carbonyl (C=O) groups is 1. The van der Waals surface area contributed by atoms with E-state index in [4.69, 9.17) is 37.0 Å². The van der Waals surface area contributed by atoms with Crippen molar-refractivity contribution in [2.24, 2.45) is 0 Å². The molecule has 1 atom stereocenters. The predicted molar refractivity (Wildman–Crippen MR) is 107 cm³/mol. The second kappa shape index (κ2) is 11.1. The van der Waals surface area contributed by atoms with E-state index in [1.54, 1.807) is 24.3 Å². The van der Waals surface area contributed by atoms with Gasteiger partial charge in [0.05, 0.1) is 20.8 Å². The van der Waals surface area contributed by atoms with E-state index < -0.39 is 17.8 Å². The summed E-state index contributed by atoms with van der Waals surface area (Å²) < 4.78 is 35.0. The van der Waals surface area contributed by atoms with Gasteiger partial charge in [0.25, 0.3) is 5.91 Å². The lowest BCUT2D eigenvalue weighted by molar-refractivity contribution is -0.132. The minimum absolute atomic E-state index is 0.0188. The number of nitrogens with one attached hydrogen (secondary N) is 1. The van der Waals surface area contributed by atoms with Gasteiger partial charge in [0.1, 0.15) is 13.2 Å². The molecule has 0 aliphatic carbocycles. The van der Waals surface area contributed by atoms with Crippen LogP contribution in [0.2, 0.25) is 5.02 Å². The maximum Gasteiger partial charge on any atom is 0.253 e. The van der Waals surface area contributed by atoms with Gasteiger partial charge in [0.15, 0.2) is 29.2 Å². The maximum atomic E-state index is 14.1. The minimum Gasteiger partial charge on any atom is -0.493 e. The first kappa shape index (κ1) is 22.3. The van der Waals surface area contributed by atoms with Crippen molar-refractivity contribution in [3.63, 3.8) is 0 Å². The molecule has 8 heteroatoms. The first-order chi connectivity index (χ1) is 14.0. The third kappa shape index (κ3) is 6.28. The zero-order valence-corrected chi connectivity index (χ0v) is 16.8. The lowest BCUT2D eigenvalue weighted by Crippen LogP contribution is -2.34. The Morgan fingerprint density at radius 1 is 1.17 bits per heavy atom. The monoisotopic (exact) mass is 421 g/mol. The molecular weight excluding hydrogens is 401 g/mol. The molecule has 0 bridgehead atoms. The van der Waals surface area contributed by atoms with Crippen LogP contribution in [0.1, 0.15) is 11.7 Å². The Labute approximate surface area is 173 Å². The molecule has 6 nitrogen and oxygen atoms in total. The van der Waals surface area contributed by atoms with Gasteiger partial charge in [-0.15, -0.1) is 6.42 Å². The van der Waals surface area contributed by atoms with Gasteiger partial charge in [-0.25, -0.2) is 4.39 Å². The van der Waals surface area contributed by atoms with Crippen molar-refractivity contribution in [2.45, 2.75) is 6.10 Å². The van der Waals surface area contributed by atoms with Gasteiger partial charge in [-0.1, -0.05) is 29.7 Å². The van der Waals surface area contributed by atoms with E-state index in [0.717, 1.165) is 6.07 Å². The molecule has 0 aliphatic rings. The molecule has 0 aromatic heterocycles. The van der Waals surface area contributed by atoms with E-state index in [9.17, 15) is 9.18 Å². The molecule has 0 spiro atoms. The maximum absolute atomic E-state index is 14.1. The van der Waals surface area contributed by atoms with E-state index in [0.29, 0.717) is 16.3 Å². The number of ether oxygens (including phenoxy) is 4. The molecule has 0 aliphatic heterocycles. The first-order valence-corrected chi connectivity index (χ1v) is 9.00. The highest BCUT2D eigenvalue weighted by atomic mass is 35.5. The lowest BCUT2D eigenvalue weighted by atomic mass is 10.1. The summed E-state index contributed by atoms with van der Waals surface area (Å²) in [5.74, 6) is 1.89. The average molecular weight is 422 g/mol. The first-order valence-electron chi connectivity index (χ1n) is 8.62. The Kier molecular flexibility index (Phi) is 8.59. The molecule has 154 valence electrons. The summed E-state index contributed by atoms with van der Waals surface area (Å²) in [5, 5.41) is 3.21. The van der Waals surface area contributed by atoms with E-state index >= 15 is 0 Å². The number of methoxy groups -OCH3 is 2. The van der Waals surface area contributed by atoms with Crippen LogP contribution in [0.4, 0.5) is 4.39 Å². The number of terminal acetylenes is 1. The molecule has 29 heavy (non-hydrogen) atoms. The van der Waals surface area contributed by atoms with Gasteiger partial charge < -0.3 is 24.3 Å². The fourth-order valence-electron chi connectivity index (χ4n) is 2.47. The van der Waals surface area contributed by atoms with Crippen molar-refractivity contribution in [2.75, 3.05) is 34.0 Å². The summed E-state index contributed by atoms with van der Waals surface area (Å²) in [5.41, 5.74) is 0.606. The second-order valence-corrected chi connectivity index (χ2v) is 6.16. The molecule has 2 aromatic rings. The molecule has 0 radical (unpaired) electrons. The third-order valence-corrected chi connectivity index (χ3v) is 4.09. The predicted octanol–water partition coefficient (Wildman–Crippen LogP) is 3.38. The molecule has 1 amide bonds. The highest BCUT2D eigenvalue weighted by Crippen LogP contribution is 2.33. The van der Waals surface area contributed by atoms with Crippen molar-refractivity contribution in [3.05, 3.63) is 52.8 Å². The number of hydrogen-bond acceptors (Lipinski definition) is 5. The normalized spacial score (nSPS) is 11.3. The topological polar surface area (TPSA) is 66.0 Å². The van der Waals surface area contributed by atoms with Gasteiger partial charge in [-0.05, 0) is 17.7 Å². The summed E-state index contributed by atoms with van der Waals surface area (Å²) in [7, 11) is 2.85. The number of hydrogen-bond donors (Lipinski definition) is 1. The van der Waals surface area contributed by atoms with Crippen LogP contribution in [-0.4, -0.2) is 39.9 Å². The summed E-state index contributed by atoms with van der Waals surface area (Å²) >= 11 is 5.88. The van der Waals surface area contributed by atoms with Crippen LogP contribution in [0.15, 0.2) is 36.4 Å². The van der Waals surface area contributed by atoms with Crippen LogP contribution in [0.3, 0.4) is 0 Å². The summed E-state index contributed by atoms with van der Waals surface area (Å²) in [6.07, 6.45) is 4.32. The summed E-state index contributed by atoms with van der Waals surface area (Å²) in [6.45, 7) is 0.116. The van der Waals surface area contributed by atoms with E-state index in [-0.39, 0.29) is 31.3 Å². The fourth-order valence-corrected chi connectivity index (χ4v) is 2.59. The molecule has 0 fully saturated rings. The summed E-state index contributed by atoms with van der Waals surface area (Å²) in [4.78, 5) is 12.5. The number of carbonyl (C=O) groups excluding carboxylic acids is 1. The number of halogens is 2. The van der Waals surface area contributed by atoms with Gasteiger partial charge in [0, 0.05) is 17.2 Å². The molecule has 0 heterocycles. The Balaban J connectivity index is 1.95. The lowest BCUT2D eigenvalue weighted by Gasteiger charge is -2.17. The zero-order valence-electron chi connectivity index (χ0n) is 16.0. The van der Waals surface area contributed by atoms with E-state index in [2.05, 4.69) is 11.2 Å². The van der Waals surface area contributed by atoms with Gasteiger partial charge in [-0.2, -0.15) is 0 Å². The standard InChI is InChI=1S/C21H21ClFNO5/c1-4-10-29-20(14-5-7-15(22)8-6-14)21(25)24-9-11-28-17-13-19(27-3)18(26-2)12-16(17)23/h1,5-8,12-13,20H,9-11H2,2-3H3,(H,24,25). The molecule has 2 rings (SSSR count). The third-order valence-electron chi connectivity index (χ3n) is 3.84. The van der Waals surface area contributed by atoms with Crippen LogP contribution < -0.4 is 19.5 Å². The second-order valence-electron chi connectivity index (χ2n) is 5.72. The molecular formula is C21H21ClFNO5. The zero-order chi connectivity index (χ0) is 21.2. The van der Waals surface area contributed by atoms with Crippen molar-refractivity contribution < 1.29 is 28.1 Å². The van der Waals surface area contributed by atoms with Crippen molar-refractivity contribution in [1.82, 2.24) is 5.32 Å². The highest BCUT2D eigenvalue weighted by Gasteiger charge is 2.21. The smallest absolute Gasteiger partial charge is 0.253 e. The largest absolute Gasteiger partial charge is 0.493 e. The van der Waals surface area contributed by atoms with Gasteiger partial charge in [-0.3, -0.25) is 4.79 Å². The number of amides is 1. The Hall–Kier alpha value is -2.95. The molecule has 0 saturated heterocycles. The molecule has 2 aromatic carbocycles. The van der Waals surface area contributed by atoms with Gasteiger partial charge >= 0.3 is 0 Å². The van der Waals surface area contributed by atoms with Crippen LogP contribution >= 0.6 is 11.6 Å². The van der Waals surface area contributed by atoms with E-state index in [1.165, 1.54) is 20.3 Å². The van der Waals surface area contributed by atoms with Gasteiger partial charge in [0.2, 0.25) is 0 Å². The van der Waals surface area contributed by atoms with Crippen LogP contribution in [0.25, 0.3) is 0 Å². The molecule has 1 unspecified atom stereocenters. The Bertz CT molecular complexity index is 867. The van der Waals surface area contributed by atoms with Crippen LogP contribution in [0, 0.1) is 18.2 Å². The Morgan fingerprint density at radius 3 is 2.45 bits per heavy atom. The highest BCUT2D eigenvalue weighted by molar-refractivity contribution is 6.30. The average Bonchev–Trinajstić information content (AvgIpc) is 2.73. The Morgan fingerprint density at radius 2 is 1.83 bits per heavy atom. The fraction of sp³-hybridized carbons (Fsp3) is 0.286. The number of rotatable bonds is 10.